The highest BCUT2D eigenvalue weighted by molar-refractivity contribution is 5.92. The van der Waals surface area contributed by atoms with Gasteiger partial charge in [-0.25, -0.2) is 9.59 Å². The fourth-order valence-corrected chi connectivity index (χ4v) is 19.0. The van der Waals surface area contributed by atoms with Crippen molar-refractivity contribution in [3.8, 4) is 0 Å². The van der Waals surface area contributed by atoms with Gasteiger partial charge in [-0.1, -0.05) is 33.6 Å². The minimum atomic E-state index is -1.46. The van der Waals surface area contributed by atoms with Gasteiger partial charge in [0.2, 0.25) is 47.3 Å². The Labute approximate surface area is 724 Å². The summed E-state index contributed by atoms with van der Waals surface area (Å²) in [6.45, 7) is 13.1. The van der Waals surface area contributed by atoms with Gasteiger partial charge in [-0.15, -0.1) is 0 Å². The molecule has 706 valence electrons. The molecule has 3 aliphatic carbocycles. The molecule has 0 aromatic heterocycles. The van der Waals surface area contributed by atoms with Gasteiger partial charge in [0, 0.05) is 160 Å². The van der Waals surface area contributed by atoms with Crippen LogP contribution in [0.1, 0.15) is 190 Å². The molecule has 40 nitrogen and oxygen atoms in total. The summed E-state index contributed by atoms with van der Waals surface area (Å²) in [5.41, 5.74) is -2.64. The number of hydrogen-bond donors (Lipinski definition) is 17. The molecular weight excluding hydrogens is 1630 g/mol. The van der Waals surface area contributed by atoms with Crippen LogP contribution in [0, 0.1) is 28.6 Å². The molecule has 40 heteroatoms. The molecule has 6 heterocycles. The second kappa shape index (κ2) is 48.2. The topological polar surface area (TPSA) is 564 Å². The number of alkyl carbamates (subject to hydrolysis) is 1. The number of esters is 1. The first-order chi connectivity index (χ1) is 59.3. The molecule has 1 spiro atoms. The van der Waals surface area contributed by atoms with E-state index in [2.05, 4.69) is 68.6 Å². The van der Waals surface area contributed by atoms with Gasteiger partial charge < -0.3 is 150 Å². The predicted octanol–water partition coefficient (Wildman–Crippen LogP) is -1.75. The average molecular weight is 1770 g/mol. The molecule has 6 aliphatic heterocycles. The van der Waals surface area contributed by atoms with Gasteiger partial charge >= 0.3 is 12.1 Å². The van der Waals surface area contributed by atoms with E-state index in [1.807, 2.05) is 6.92 Å². The molecule has 9 aliphatic rings. The number of hydrogen-bond acceptors (Lipinski definition) is 31. The summed E-state index contributed by atoms with van der Waals surface area (Å²) in [6.07, 6.45) is -6.71. The van der Waals surface area contributed by atoms with Gasteiger partial charge in [0.15, 0.2) is 18.9 Å². The van der Waals surface area contributed by atoms with Crippen LogP contribution < -0.4 is 47.9 Å². The van der Waals surface area contributed by atoms with Gasteiger partial charge in [-0.2, -0.15) is 0 Å². The monoisotopic (exact) mass is 1770 g/mol. The number of ether oxygens (including phenoxy) is 13. The molecule has 2 saturated carbocycles. The fourth-order valence-electron chi connectivity index (χ4n) is 19.0. The normalized spacial score (nSPS) is 32.4. The highest BCUT2D eigenvalue weighted by Crippen LogP contribution is 2.82. The van der Waals surface area contributed by atoms with Crippen LogP contribution in [0.4, 0.5) is 4.79 Å². The Bertz CT molecular complexity index is 3530. The third-order valence-electron chi connectivity index (χ3n) is 26.0. The van der Waals surface area contributed by atoms with Crippen LogP contribution >= 0.6 is 0 Å². The molecule has 124 heavy (non-hydrogen) atoms. The van der Waals surface area contributed by atoms with E-state index < -0.39 is 151 Å². The van der Waals surface area contributed by atoms with E-state index in [1.54, 1.807) is 0 Å². The SMILES string of the molecule is CC(=O)N[C@H]1[C@H](OCCCCCCNC(=O)CCOCCC(CCOCCC(=O)NCCCNC(=O)CCCCO[C@@H]2O[C@H](CO)[C@H](O)[C@H](O)[C@H]2NC(C)=O)(CCOCCC(=O)NCCCNC(=O)CCCCO[C@@H]2O[C@H](CO)C[C@H](O)[C@H]2NC(C)=O)NC(=O)O[C@@H]2[C@@]3(C(C)C)C[C@H]3[C@@H]3O[C@@]34[C@@]3(C)CCC5=C(COC5=O)C3CO[C@]24C)O[C@H](CO)[C@H](O)[C@@H]1O. The van der Waals surface area contributed by atoms with Crippen molar-refractivity contribution in [2.24, 2.45) is 28.6 Å². The van der Waals surface area contributed by atoms with Crippen molar-refractivity contribution < 1.29 is 150 Å². The zero-order valence-electron chi connectivity index (χ0n) is 72.9. The molecule has 9 amide bonds. The molecule has 2 unspecified atom stereocenters. The van der Waals surface area contributed by atoms with Crippen molar-refractivity contribution in [2.75, 3.05) is 125 Å². The van der Waals surface area contributed by atoms with Gasteiger partial charge in [0.25, 0.3) is 0 Å². The van der Waals surface area contributed by atoms with E-state index >= 15 is 4.79 Å². The number of aliphatic hydroxyl groups excluding tert-OH is 8. The van der Waals surface area contributed by atoms with E-state index in [4.69, 9.17) is 61.6 Å². The number of fused-ring (bicyclic) bond motifs is 4. The van der Waals surface area contributed by atoms with Gasteiger partial charge in [-0.3, -0.25) is 38.4 Å². The first kappa shape index (κ1) is 101. The lowest BCUT2D eigenvalue weighted by Gasteiger charge is -2.61. The van der Waals surface area contributed by atoms with E-state index in [0.717, 1.165) is 18.4 Å². The minimum Gasteiger partial charge on any atom is -0.458 e. The molecular formula is C84H139N9O31. The molecule has 23 atom stereocenters. The van der Waals surface area contributed by atoms with E-state index in [1.165, 1.54) is 20.8 Å². The number of carbonyl (C=O) groups is 10. The first-order valence-electron chi connectivity index (χ1n) is 44.4. The van der Waals surface area contributed by atoms with Crippen LogP contribution in [0.25, 0.3) is 0 Å². The number of carbonyl (C=O) groups excluding carboxylic acids is 10. The third kappa shape index (κ3) is 26.4. The molecule has 5 saturated heterocycles. The minimum absolute atomic E-state index is 0.00298. The van der Waals surface area contributed by atoms with E-state index in [-0.39, 0.29) is 229 Å². The van der Waals surface area contributed by atoms with Crippen LogP contribution in [-0.2, 0) is 105 Å². The summed E-state index contributed by atoms with van der Waals surface area (Å²) < 4.78 is 79.7. The van der Waals surface area contributed by atoms with Crippen molar-refractivity contribution in [3.05, 3.63) is 11.1 Å². The molecule has 17 N–H and O–H groups in total. The largest absolute Gasteiger partial charge is 0.458 e. The molecule has 0 radical (unpaired) electrons. The fraction of sp³-hybridized carbons (Fsp3) is 0.857. The molecule has 0 aromatic carbocycles. The Kier molecular flexibility index (Phi) is 39.4. The Morgan fingerprint density at radius 1 is 0.524 bits per heavy atom. The second-order valence-corrected chi connectivity index (χ2v) is 34.9. The number of aliphatic hydroxyl groups is 8. The molecule has 9 rings (SSSR count). The summed E-state index contributed by atoms with van der Waals surface area (Å²) in [5.74, 6) is -3.05. The summed E-state index contributed by atoms with van der Waals surface area (Å²) in [5, 5.41) is 107. The lowest BCUT2D eigenvalue weighted by Crippen LogP contribution is -2.73. The number of unbranched alkanes of at least 4 members (excludes halogenated alkanes) is 5. The van der Waals surface area contributed by atoms with Crippen LogP contribution in [0.5, 0.6) is 0 Å². The Morgan fingerprint density at radius 2 is 0.968 bits per heavy atom. The van der Waals surface area contributed by atoms with Crippen molar-refractivity contribution >= 4 is 59.3 Å². The lowest BCUT2D eigenvalue weighted by atomic mass is 9.49. The Hall–Kier alpha value is -6.52. The number of nitrogens with one attached hydrogen (secondary N) is 9. The average Bonchev–Trinajstić information content (AvgIpc) is 1.44. The van der Waals surface area contributed by atoms with Crippen LogP contribution in [0.2, 0.25) is 0 Å². The highest BCUT2D eigenvalue weighted by atomic mass is 16.7. The van der Waals surface area contributed by atoms with E-state index in [0.29, 0.717) is 82.7 Å². The second-order valence-electron chi connectivity index (χ2n) is 34.9. The van der Waals surface area contributed by atoms with Crippen molar-refractivity contribution in [2.45, 2.75) is 305 Å². The van der Waals surface area contributed by atoms with Crippen molar-refractivity contribution in [3.63, 3.8) is 0 Å². The van der Waals surface area contributed by atoms with Crippen LogP contribution in [0.15, 0.2) is 11.1 Å². The summed E-state index contributed by atoms with van der Waals surface area (Å²) in [4.78, 5) is 129. The predicted molar refractivity (Wildman–Crippen MR) is 435 cm³/mol. The number of cyclic esters (lactones) is 1. The summed E-state index contributed by atoms with van der Waals surface area (Å²) in [6, 6.07) is -2.97. The van der Waals surface area contributed by atoms with Gasteiger partial charge in [0.1, 0.15) is 78.7 Å². The standard InChI is InChI=1S/C84H139N9O31/c1-49(2)83-43-56(83)73-84(124-73)80(6)24-20-54-55(47-118-74(54)110)57(80)48-119-81(84,7)78(83)123-79(111)93-82(25-39-112-36-21-63(103)85-28-12-8-9-13-33-116-76-67(91-51(4)98)71(108)69(106)59(45-95)121-76,26-40-113-37-22-64(104)88-31-16-29-86-61(101)18-10-14-34-115-75-66(90-50(3)97)58(100)42-53(44-94)120-75)27-41-114-38-23-65(105)89-32-17-30-87-62(102)19-11-15-35-117-77-68(92-52(5)99)72(109)70(107)60(46-96)122-77/h49,53,56-60,66-73,75-78,94-96,100,106-109H,8-48H2,1-7H3,(H,85,103)(H,86,101)(H,87,102)(H,88,104)(H,89,105)(H,90,97)(H,91,98)(H,92,99)(H,93,111)/t53-,56-,57?,58-,59+,60+,66+,67+,68+,69-,70-,71+,72+,73-,75+,76+,77+,78-,80-,81+,82?,83+,84+/m0/s1. The summed E-state index contributed by atoms with van der Waals surface area (Å²) >= 11 is 0. The molecule has 0 bridgehead atoms. The number of epoxide rings is 1. The van der Waals surface area contributed by atoms with Gasteiger partial charge in [-0.05, 0) is 114 Å². The first-order valence-corrected chi connectivity index (χ1v) is 44.4. The zero-order chi connectivity index (χ0) is 89.9. The van der Waals surface area contributed by atoms with Crippen LogP contribution in [0.3, 0.4) is 0 Å². The number of amides is 9. The maximum atomic E-state index is 15.4. The summed E-state index contributed by atoms with van der Waals surface area (Å²) in [7, 11) is 0. The maximum Gasteiger partial charge on any atom is 0.407 e. The van der Waals surface area contributed by atoms with E-state index in [9.17, 15) is 84.0 Å². The van der Waals surface area contributed by atoms with Crippen LogP contribution in [-0.4, -0.2) is 340 Å². The highest BCUT2D eigenvalue weighted by Gasteiger charge is 2.93. The number of rotatable bonds is 55. The lowest BCUT2D eigenvalue weighted by molar-refractivity contribution is -0.270. The molecule has 0 aromatic rings. The Balaban J connectivity index is 0.784. The maximum absolute atomic E-state index is 15.4. The van der Waals surface area contributed by atoms with Crippen molar-refractivity contribution in [1.82, 2.24) is 47.9 Å². The van der Waals surface area contributed by atoms with Gasteiger partial charge in [0.05, 0.1) is 64.6 Å². The smallest absolute Gasteiger partial charge is 0.407 e. The third-order valence-corrected chi connectivity index (χ3v) is 26.0. The van der Waals surface area contributed by atoms with Crippen molar-refractivity contribution in [1.29, 1.82) is 0 Å². The molecule has 7 fully saturated rings. The zero-order valence-corrected chi connectivity index (χ0v) is 72.9. The quantitative estimate of drug-likeness (QED) is 0.0182. The Morgan fingerprint density at radius 3 is 1.43 bits per heavy atom.